The van der Waals surface area contributed by atoms with E-state index < -0.39 is 24.5 Å². The van der Waals surface area contributed by atoms with Crippen molar-refractivity contribution in [2.45, 2.75) is 45.7 Å². The fourth-order valence-electron chi connectivity index (χ4n) is 1.25. The fourth-order valence-corrected chi connectivity index (χ4v) is 1.25. The average molecular weight is 226 g/mol. The summed E-state index contributed by atoms with van der Waals surface area (Å²) in [6.45, 7) is 3.74. The average Bonchev–Trinajstić information content (AvgIpc) is 2.11. The van der Waals surface area contributed by atoms with Gasteiger partial charge in [-0.15, -0.1) is 0 Å². The highest BCUT2D eigenvalue weighted by Gasteiger charge is 2.35. The second kappa shape index (κ2) is 6.69. The molecule has 1 unspecified atom stereocenters. The summed E-state index contributed by atoms with van der Waals surface area (Å²) in [6.07, 6.45) is -3.99. The molecule has 0 aliphatic rings. The van der Waals surface area contributed by atoms with Crippen molar-refractivity contribution in [3.8, 4) is 0 Å². The van der Waals surface area contributed by atoms with E-state index >= 15 is 0 Å². The number of hydrogen-bond acceptors (Lipinski definition) is 2. The van der Waals surface area contributed by atoms with E-state index in [1.807, 2.05) is 0 Å². The molecule has 1 atom stereocenters. The highest BCUT2D eigenvalue weighted by molar-refractivity contribution is 5.72. The highest BCUT2D eigenvalue weighted by atomic mass is 19.4. The Morgan fingerprint density at radius 1 is 1.27 bits per heavy atom. The van der Waals surface area contributed by atoms with Crippen molar-refractivity contribution in [1.29, 1.82) is 0 Å². The molecule has 0 heterocycles. The standard InChI is InChI=1S/C10H17F3O2/c1-3-5-8(7-10(11,12)13)9(14)15-6-4-2/h8H,3-7H2,1-2H3. The molecular formula is C10H17F3O2. The molecule has 0 saturated carbocycles. The van der Waals surface area contributed by atoms with E-state index in [0.717, 1.165) is 0 Å². The van der Waals surface area contributed by atoms with E-state index in [0.29, 0.717) is 12.8 Å². The number of carbonyl (C=O) groups excluding carboxylic acids is 1. The summed E-state index contributed by atoms with van der Waals surface area (Å²) in [7, 11) is 0. The van der Waals surface area contributed by atoms with Crippen LogP contribution in [-0.4, -0.2) is 18.8 Å². The minimum atomic E-state index is -4.30. The lowest BCUT2D eigenvalue weighted by Gasteiger charge is -2.16. The number of ether oxygens (including phenoxy) is 1. The van der Waals surface area contributed by atoms with E-state index in [-0.39, 0.29) is 13.0 Å². The smallest absolute Gasteiger partial charge is 0.389 e. The van der Waals surface area contributed by atoms with Gasteiger partial charge in [0.05, 0.1) is 18.9 Å². The molecule has 15 heavy (non-hydrogen) atoms. The molecule has 90 valence electrons. The monoisotopic (exact) mass is 226 g/mol. The van der Waals surface area contributed by atoms with Crippen LogP contribution in [-0.2, 0) is 9.53 Å². The van der Waals surface area contributed by atoms with Crippen LogP contribution in [0.2, 0.25) is 0 Å². The van der Waals surface area contributed by atoms with Gasteiger partial charge < -0.3 is 4.74 Å². The lowest BCUT2D eigenvalue weighted by molar-refractivity contribution is -0.168. The molecule has 2 nitrogen and oxygen atoms in total. The third-order valence-corrected chi connectivity index (χ3v) is 1.90. The van der Waals surface area contributed by atoms with Gasteiger partial charge in [-0.05, 0) is 12.8 Å². The number of alkyl halides is 3. The molecule has 0 amide bonds. The van der Waals surface area contributed by atoms with Crippen molar-refractivity contribution in [2.75, 3.05) is 6.61 Å². The molecule has 0 aromatic carbocycles. The zero-order valence-corrected chi connectivity index (χ0v) is 9.06. The van der Waals surface area contributed by atoms with Crippen LogP contribution in [0.4, 0.5) is 13.2 Å². The van der Waals surface area contributed by atoms with Gasteiger partial charge in [0.15, 0.2) is 0 Å². The first kappa shape index (κ1) is 14.3. The van der Waals surface area contributed by atoms with Gasteiger partial charge in [0, 0.05) is 0 Å². The number of halogens is 3. The Hall–Kier alpha value is -0.740. The largest absolute Gasteiger partial charge is 0.465 e. The maximum absolute atomic E-state index is 12.1. The SMILES string of the molecule is CCCOC(=O)C(CCC)CC(F)(F)F. The number of rotatable bonds is 6. The molecule has 0 aromatic heterocycles. The number of esters is 1. The predicted molar refractivity (Wildman–Crippen MR) is 50.3 cm³/mol. The predicted octanol–water partition coefficient (Wildman–Crippen LogP) is 3.31. The molecule has 0 bridgehead atoms. The molecule has 5 heteroatoms. The third kappa shape index (κ3) is 7.22. The first-order valence-corrected chi connectivity index (χ1v) is 5.14. The molecular weight excluding hydrogens is 209 g/mol. The maximum Gasteiger partial charge on any atom is 0.389 e. The van der Waals surface area contributed by atoms with Gasteiger partial charge in [0.1, 0.15) is 0 Å². The highest BCUT2D eigenvalue weighted by Crippen LogP contribution is 2.28. The zero-order chi connectivity index (χ0) is 11.9. The van der Waals surface area contributed by atoms with Crippen LogP contribution in [0.25, 0.3) is 0 Å². The number of hydrogen-bond donors (Lipinski definition) is 0. The van der Waals surface area contributed by atoms with E-state index in [2.05, 4.69) is 0 Å². The Bertz CT molecular complexity index is 190. The van der Waals surface area contributed by atoms with Crippen LogP contribution in [0.15, 0.2) is 0 Å². The minimum Gasteiger partial charge on any atom is -0.465 e. The molecule has 0 aromatic rings. The van der Waals surface area contributed by atoms with Gasteiger partial charge >= 0.3 is 12.1 Å². The normalized spacial score (nSPS) is 13.7. The molecule has 0 radical (unpaired) electrons. The maximum atomic E-state index is 12.1. The van der Waals surface area contributed by atoms with Crippen molar-refractivity contribution in [2.24, 2.45) is 5.92 Å². The topological polar surface area (TPSA) is 26.3 Å². The van der Waals surface area contributed by atoms with Crippen molar-refractivity contribution in [3.63, 3.8) is 0 Å². The quantitative estimate of drug-likeness (QED) is 0.649. The second-order valence-corrected chi connectivity index (χ2v) is 3.47. The summed E-state index contributed by atoms with van der Waals surface area (Å²) < 4.78 is 41.0. The Kier molecular flexibility index (Phi) is 6.36. The molecule has 0 N–H and O–H groups in total. The van der Waals surface area contributed by atoms with Crippen LogP contribution in [0.1, 0.15) is 39.5 Å². The first-order valence-electron chi connectivity index (χ1n) is 5.14. The van der Waals surface area contributed by atoms with Gasteiger partial charge in [0.25, 0.3) is 0 Å². The van der Waals surface area contributed by atoms with E-state index in [4.69, 9.17) is 4.74 Å². The second-order valence-electron chi connectivity index (χ2n) is 3.47. The van der Waals surface area contributed by atoms with E-state index in [1.54, 1.807) is 13.8 Å². The van der Waals surface area contributed by atoms with Crippen LogP contribution in [0.3, 0.4) is 0 Å². The minimum absolute atomic E-state index is 0.191. The Labute approximate surface area is 87.8 Å². The molecule has 0 rings (SSSR count). The van der Waals surface area contributed by atoms with Gasteiger partial charge in [0.2, 0.25) is 0 Å². The zero-order valence-electron chi connectivity index (χ0n) is 9.06. The van der Waals surface area contributed by atoms with Crippen molar-refractivity contribution in [3.05, 3.63) is 0 Å². The molecule has 0 spiro atoms. The summed E-state index contributed by atoms with van der Waals surface area (Å²) in [5.41, 5.74) is 0. The fraction of sp³-hybridized carbons (Fsp3) is 0.900. The van der Waals surface area contributed by atoms with E-state index in [1.165, 1.54) is 0 Å². The molecule has 0 aliphatic carbocycles. The summed E-state index contributed by atoms with van der Waals surface area (Å²) >= 11 is 0. The molecule has 0 fully saturated rings. The summed E-state index contributed by atoms with van der Waals surface area (Å²) in [5.74, 6) is -1.77. The van der Waals surface area contributed by atoms with Crippen LogP contribution in [0, 0.1) is 5.92 Å². The first-order chi connectivity index (χ1) is 6.90. The van der Waals surface area contributed by atoms with Crippen molar-refractivity contribution >= 4 is 5.97 Å². The Morgan fingerprint density at radius 2 is 1.87 bits per heavy atom. The lowest BCUT2D eigenvalue weighted by Crippen LogP contribution is -2.24. The van der Waals surface area contributed by atoms with Crippen LogP contribution in [0.5, 0.6) is 0 Å². The van der Waals surface area contributed by atoms with E-state index in [9.17, 15) is 18.0 Å². The van der Waals surface area contributed by atoms with Crippen molar-refractivity contribution < 1.29 is 22.7 Å². The van der Waals surface area contributed by atoms with Crippen LogP contribution >= 0.6 is 0 Å². The van der Waals surface area contributed by atoms with Gasteiger partial charge in [-0.25, -0.2) is 0 Å². The van der Waals surface area contributed by atoms with Gasteiger partial charge in [-0.3, -0.25) is 4.79 Å². The Morgan fingerprint density at radius 3 is 2.27 bits per heavy atom. The lowest BCUT2D eigenvalue weighted by atomic mass is 10.00. The third-order valence-electron chi connectivity index (χ3n) is 1.90. The molecule has 0 saturated heterocycles. The summed E-state index contributed by atoms with van der Waals surface area (Å²) in [5, 5.41) is 0. The summed E-state index contributed by atoms with van der Waals surface area (Å²) in [6, 6.07) is 0. The Balaban J connectivity index is 4.18. The van der Waals surface area contributed by atoms with Gasteiger partial charge in [-0.2, -0.15) is 13.2 Å². The number of carbonyl (C=O) groups is 1. The summed E-state index contributed by atoms with van der Waals surface area (Å²) in [4.78, 5) is 11.2. The van der Waals surface area contributed by atoms with Crippen molar-refractivity contribution in [1.82, 2.24) is 0 Å². The van der Waals surface area contributed by atoms with Crippen LogP contribution < -0.4 is 0 Å². The molecule has 0 aliphatic heterocycles. The van der Waals surface area contributed by atoms with Gasteiger partial charge in [-0.1, -0.05) is 20.3 Å².